The summed E-state index contributed by atoms with van der Waals surface area (Å²) in [5.41, 5.74) is 0.420. The first-order valence-corrected chi connectivity index (χ1v) is 8.60. The third-order valence-electron chi connectivity index (χ3n) is 4.28. The Labute approximate surface area is 154 Å². The van der Waals surface area contributed by atoms with E-state index < -0.39 is 11.7 Å². The molecule has 0 radical (unpaired) electrons. The Morgan fingerprint density at radius 3 is 2.58 bits per heavy atom. The number of ether oxygens (including phenoxy) is 1. The van der Waals surface area contributed by atoms with Crippen LogP contribution in [0.15, 0.2) is 42.5 Å². The zero-order chi connectivity index (χ0) is 18.7. The summed E-state index contributed by atoms with van der Waals surface area (Å²) < 4.78 is 43.5. The molecule has 1 saturated carbocycles. The summed E-state index contributed by atoms with van der Waals surface area (Å²) in [6.45, 7) is 0.0929. The first-order valence-electron chi connectivity index (χ1n) is 8.22. The molecule has 1 aliphatic carbocycles. The molecule has 3 rings (SSSR count). The van der Waals surface area contributed by atoms with Crippen LogP contribution in [0.3, 0.4) is 0 Å². The molecular formula is C19H17ClF3NO2. The summed E-state index contributed by atoms with van der Waals surface area (Å²) in [6.07, 6.45) is -1.32. The molecule has 2 aromatic rings. The zero-order valence-corrected chi connectivity index (χ0v) is 14.5. The van der Waals surface area contributed by atoms with Crippen molar-refractivity contribution in [3.8, 4) is 5.75 Å². The van der Waals surface area contributed by atoms with E-state index in [9.17, 15) is 18.0 Å². The number of rotatable bonds is 5. The van der Waals surface area contributed by atoms with Crippen LogP contribution in [-0.2, 0) is 12.8 Å². The minimum absolute atomic E-state index is 0.0929. The quantitative estimate of drug-likeness (QED) is 0.768. The van der Waals surface area contributed by atoms with E-state index in [4.69, 9.17) is 16.3 Å². The minimum atomic E-state index is -4.45. The van der Waals surface area contributed by atoms with Gasteiger partial charge in [-0.2, -0.15) is 13.2 Å². The second-order valence-electron chi connectivity index (χ2n) is 6.23. The average molecular weight is 384 g/mol. The minimum Gasteiger partial charge on any atom is -0.487 e. The lowest BCUT2D eigenvalue weighted by atomic mass is 9.93. The van der Waals surface area contributed by atoms with Crippen LogP contribution in [0.5, 0.6) is 5.75 Å². The van der Waals surface area contributed by atoms with Crippen molar-refractivity contribution in [2.24, 2.45) is 0 Å². The molecule has 0 spiro atoms. The average Bonchev–Trinajstić information content (AvgIpc) is 2.56. The molecule has 1 fully saturated rings. The molecule has 0 atom stereocenters. The summed E-state index contributed by atoms with van der Waals surface area (Å²) >= 11 is 5.87. The number of amides is 1. The van der Waals surface area contributed by atoms with Gasteiger partial charge in [-0.05, 0) is 55.2 Å². The third kappa shape index (κ3) is 4.49. The predicted molar refractivity (Wildman–Crippen MR) is 92.3 cm³/mol. The van der Waals surface area contributed by atoms with E-state index in [1.165, 1.54) is 6.07 Å². The Bertz CT molecular complexity index is 804. The standard InChI is InChI=1S/C19H17ClF3NO2/c20-16-10-14(19(21,22)23)7-8-17(16)26-11-12-3-1-4-13(9-12)18(25)24-15-5-2-6-15/h1,3-4,7-10,15H,2,5-6,11H2,(H,24,25). The van der Waals surface area contributed by atoms with Crippen LogP contribution in [0.1, 0.15) is 40.7 Å². The molecule has 0 unspecified atom stereocenters. The molecule has 0 heterocycles. The van der Waals surface area contributed by atoms with Crippen molar-refractivity contribution < 1.29 is 22.7 Å². The fourth-order valence-corrected chi connectivity index (χ4v) is 2.81. The van der Waals surface area contributed by atoms with Gasteiger partial charge in [0, 0.05) is 11.6 Å². The van der Waals surface area contributed by atoms with Gasteiger partial charge >= 0.3 is 6.18 Å². The Hall–Kier alpha value is -2.21. The van der Waals surface area contributed by atoms with E-state index in [1.54, 1.807) is 24.3 Å². The molecule has 138 valence electrons. The number of alkyl halides is 3. The number of carbonyl (C=O) groups excluding carboxylic acids is 1. The highest BCUT2D eigenvalue weighted by atomic mass is 35.5. The fraction of sp³-hybridized carbons (Fsp3) is 0.316. The maximum atomic E-state index is 12.7. The highest BCUT2D eigenvalue weighted by Crippen LogP contribution is 2.35. The van der Waals surface area contributed by atoms with E-state index in [-0.39, 0.29) is 29.3 Å². The highest BCUT2D eigenvalue weighted by molar-refractivity contribution is 6.32. The van der Waals surface area contributed by atoms with Crippen molar-refractivity contribution in [3.05, 3.63) is 64.2 Å². The lowest BCUT2D eigenvalue weighted by Crippen LogP contribution is -2.39. The van der Waals surface area contributed by atoms with Gasteiger partial charge in [0.15, 0.2) is 0 Å². The molecule has 3 nitrogen and oxygen atoms in total. The van der Waals surface area contributed by atoms with Gasteiger partial charge in [-0.1, -0.05) is 23.7 Å². The second kappa shape index (κ2) is 7.58. The van der Waals surface area contributed by atoms with Crippen LogP contribution in [0, 0.1) is 0 Å². The SMILES string of the molecule is O=C(NC1CCC1)c1cccc(COc2ccc(C(F)(F)F)cc2Cl)c1. The summed E-state index contributed by atoms with van der Waals surface area (Å²) in [4.78, 5) is 12.2. The van der Waals surface area contributed by atoms with E-state index in [2.05, 4.69) is 5.32 Å². The normalized spacial score (nSPS) is 14.6. The number of nitrogens with one attached hydrogen (secondary N) is 1. The van der Waals surface area contributed by atoms with Gasteiger partial charge in [-0.15, -0.1) is 0 Å². The van der Waals surface area contributed by atoms with Gasteiger partial charge in [0.25, 0.3) is 5.91 Å². The first kappa shape index (κ1) is 18.6. The van der Waals surface area contributed by atoms with Crippen LogP contribution in [-0.4, -0.2) is 11.9 Å². The third-order valence-corrected chi connectivity index (χ3v) is 4.58. The van der Waals surface area contributed by atoms with Gasteiger partial charge < -0.3 is 10.1 Å². The van der Waals surface area contributed by atoms with Crippen molar-refractivity contribution in [1.82, 2.24) is 5.32 Å². The molecule has 1 N–H and O–H groups in total. The van der Waals surface area contributed by atoms with Crippen LogP contribution >= 0.6 is 11.6 Å². The lowest BCUT2D eigenvalue weighted by Gasteiger charge is -2.26. The van der Waals surface area contributed by atoms with Crippen molar-refractivity contribution in [2.45, 2.75) is 38.1 Å². The monoisotopic (exact) mass is 383 g/mol. The molecule has 0 saturated heterocycles. The molecule has 0 aromatic heterocycles. The number of halogens is 4. The smallest absolute Gasteiger partial charge is 0.416 e. The Balaban J connectivity index is 1.64. The largest absolute Gasteiger partial charge is 0.487 e. The van der Waals surface area contributed by atoms with Crippen LogP contribution in [0.25, 0.3) is 0 Å². The number of hydrogen-bond acceptors (Lipinski definition) is 2. The van der Waals surface area contributed by atoms with E-state index in [0.717, 1.165) is 37.0 Å². The maximum Gasteiger partial charge on any atom is 0.416 e. The van der Waals surface area contributed by atoms with Crippen molar-refractivity contribution in [3.63, 3.8) is 0 Å². The molecule has 26 heavy (non-hydrogen) atoms. The molecule has 0 bridgehead atoms. The summed E-state index contributed by atoms with van der Waals surface area (Å²) in [5, 5.41) is 2.84. The molecule has 1 amide bonds. The number of benzene rings is 2. The van der Waals surface area contributed by atoms with Crippen molar-refractivity contribution in [1.29, 1.82) is 0 Å². The topological polar surface area (TPSA) is 38.3 Å². The highest BCUT2D eigenvalue weighted by Gasteiger charge is 2.31. The van der Waals surface area contributed by atoms with E-state index in [0.29, 0.717) is 5.56 Å². The summed E-state index contributed by atoms with van der Waals surface area (Å²) in [7, 11) is 0. The van der Waals surface area contributed by atoms with Crippen LogP contribution in [0.2, 0.25) is 5.02 Å². The van der Waals surface area contributed by atoms with Gasteiger partial charge in [0.1, 0.15) is 12.4 Å². The number of hydrogen-bond donors (Lipinski definition) is 1. The Morgan fingerprint density at radius 2 is 1.96 bits per heavy atom. The number of carbonyl (C=O) groups is 1. The fourth-order valence-electron chi connectivity index (χ4n) is 2.58. The second-order valence-corrected chi connectivity index (χ2v) is 6.64. The van der Waals surface area contributed by atoms with Crippen LogP contribution in [0.4, 0.5) is 13.2 Å². The summed E-state index contributed by atoms with van der Waals surface area (Å²) in [5.74, 6) is 0.0214. The zero-order valence-electron chi connectivity index (χ0n) is 13.8. The molecule has 7 heteroatoms. The van der Waals surface area contributed by atoms with Crippen molar-refractivity contribution in [2.75, 3.05) is 0 Å². The van der Waals surface area contributed by atoms with Crippen LogP contribution < -0.4 is 10.1 Å². The lowest BCUT2D eigenvalue weighted by molar-refractivity contribution is -0.137. The molecule has 2 aromatic carbocycles. The van der Waals surface area contributed by atoms with E-state index >= 15 is 0 Å². The van der Waals surface area contributed by atoms with Gasteiger partial charge in [0.05, 0.1) is 10.6 Å². The van der Waals surface area contributed by atoms with Gasteiger partial charge in [-0.3, -0.25) is 4.79 Å². The maximum absolute atomic E-state index is 12.7. The van der Waals surface area contributed by atoms with Gasteiger partial charge in [-0.25, -0.2) is 0 Å². The predicted octanol–water partition coefficient (Wildman–Crippen LogP) is 5.22. The Morgan fingerprint density at radius 1 is 1.19 bits per heavy atom. The van der Waals surface area contributed by atoms with Gasteiger partial charge in [0.2, 0.25) is 0 Å². The molecular weight excluding hydrogens is 367 g/mol. The van der Waals surface area contributed by atoms with E-state index in [1.807, 2.05) is 0 Å². The first-order chi connectivity index (χ1) is 12.3. The van der Waals surface area contributed by atoms with Crippen molar-refractivity contribution >= 4 is 17.5 Å². The Kier molecular flexibility index (Phi) is 5.41. The molecule has 0 aliphatic heterocycles. The summed E-state index contributed by atoms with van der Waals surface area (Å²) in [6, 6.07) is 10.1. The molecule has 1 aliphatic rings.